The number of hydrogen-bond acceptors (Lipinski definition) is 6. The molecule has 0 spiro atoms. The molecule has 7 nitrogen and oxygen atoms in total. The maximum Gasteiger partial charge on any atom is 0.410 e. The molecule has 1 aromatic heterocycles. The molecule has 1 aromatic carbocycles. The summed E-state index contributed by atoms with van der Waals surface area (Å²) in [5.41, 5.74) is 1.81. The monoisotopic (exact) mass is 400 g/mol. The van der Waals surface area contributed by atoms with Crippen LogP contribution in [0, 0.1) is 0 Å². The normalized spacial score (nSPS) is 13.4. The molecule has 0 unspecified atom stereocenters. The number of fused-ring (bicyclic) bond motifs is 1. The van der Waals surface area contributed by atoms with Crippen molar-refractivity contribution in [3.8, 4) is 17.4 Å². The van der Waals surface area contributed by atoms with Crippen LogP contribution in [-0.2, 0) is 17.7 Å². The summed E-state index contributed by atoms with van der Waals surface area (Å²) in [5, 5.41) is 0. The van der Waals surface area contributed by atoms with Crippen LogP contribution in [0.15, 0.2) is 36.5 Å². The molecule has 3 rings (SSSR count). The molecule has 29 heavy (non-hydrogen) atoms. The highest BCUT2D eigenvalue weighted by Gasteiger charge is 2.25. The molecule has 1 aliphatic heterocycles. The molecular formula is C22H28N2O5. The van der Waals surface area contributed by atoms with E-state index in [0.29, 0.717) is 37.9 Å². The summed E-state index contributed by atoms with van der Waals surface area (Å²) in [6, 6.07) is 9.54. The summed E-state index contributed by atoms with van der Waals surface area (Å²) in [6.07, 6.45) is 2.13. The Morgan fingerprint density at radius 2 is 1.83 bits per heavy atom. The molecule has 1 amide bonds. The highest BCUT2D eigenvalue weighted by Crippen LogP contribution is 2.25. The van der Waals surface area contributed by atoms with Crippen LogP contribution < -0.4 is 14.2 Å². The maximum atomic E-state index is 12.3. The van der Waals surface area contributed by atoms with Gasteiger partial charge in [0, 0.05) is 19.2 Å². The Labute approximate surface area is 171 Å². The lowest BCUT2D eigenvalue weighted by Gasteiger charge is -2.31. The Balaban J connectivity index is 1.51. The first-order chi connectivity index (χ1) is 13.8. The minimum atomic E-state index is -0.499. The van der Waals surface area contributed by atoms with Crippen molar-refractivity contribution in [2.45, 2.75) is 39.3 Å². The molecule has 0 N–H and O–H groups in total. The number of carbonyl (C=O) groups excluding carboxylic acids is 1. The molecule has 156 valence electrons. The number of carbonyl (C=O) groups is 1. The Bertz CT molecular complexity index is 830. The third-order valence-corrected chi connectivity index (χ3v) is 4.39. The Morgan fingerprint density at radius 1 is 1.07 bits per heavy atom. The summed E-state index contributed by atoms with van der Waals surface area (Å²) < 4.78 is 21.9. The van der Waals surface area contributed by atoms with E-state index in [-0.39, 0.29) is 6.09 Å². The lowest BCUT2D eigenvalue weighted by atomic mass is 10.00. The van der Waals surface area contributed by atoms with E-state index in [2.05, 4.69) is 11.1 Å². The Hall–Kier alpha value is -2.96. The van der Waals surface area contributed by atoms with Crippen LogP contribution >= 0.6 is 0 Å². The predicted octanol–water partition coefficient (Wildman–Crippen LogP) is 3.84. The number of benzene rings is 1. The summed E-state index contributed by atoms with van der Waals surface area (Å²) in [5.74, 6) is 1.96. The Morgan fingerprint density at radius 3 is 2.52 bits per heavy atom. The number of pyridine rings is 1. The van der Waals surface area contributed by atoms with E-state index in [1.165, 1.54) is 5.56 Å². The van der Waals surface area contributed by atoms with Gasteiger partial charge in [-0.15, -0.1) is 0 Å². The van der Waals surface area contributed by atoms with Gasteiger partial charge < -0.3 is 23.8 Å². The van der Waals surface area contributed by atoms with Gasteiger partial charge in [0.05, 0.1) is 13.3 Å². The topological polar surface area (TPSA) is 70.1 Å². The van der Waals surface area contributed by atoms with Crippen molar-refractivity contribution in [3.63, 3.8) is 0 Å². The number of nitrogens with zero attached hydrogens (tertiary/aromatic N) is 2. The number of rotatable bonds is 6. The fourth-order valence-corrected chi connectivity index (χ4v) is 2.98. The van der Waals surface area contributed by atoms with Crippen molar-refractivity contribution in [1.29, 1.82) is 0 Å². The van der Waals surface area contributed by atoms with Crippen LogP contribution in [0.3, 0.4) is 0 Å². The van der Waals surface area contributed by atoms with Gasteiger partial charge in [0.1, 0.15) is 30.3 Å². The molecule has 0 fully saturated rings. The molecule has 0 radical (unpaired) electrons. The number of aromatic nitrogens is 1. The first-order valence-corrected chi connectivity index (χ1v) is 9.69. The van der Waals surface area contributed by atoms with Gasteiger partial charge in [-0.25, -0.2) is 9.78 Å². The number of hydrogen-bond donors (Lipinski definition) is 0. The van der Waals surface area contributed by atoms with Gasteiger partial charge in [0.25, 0.3) is 0 Å². The zero-order valence-electron chi connectivity index (χ0n) is 17.4. The van der Waals surface area contributed by atoms with E-state index in [4.69, 9.17) is 18.9 Å². The van der Waals surface area contributed by atoms with Crippen LogP contribution in [-0.4, -0.2) is 48.4 Å². The van der Waals surface area contributed by atoms with Gasteiger partial charge in [-0.3, -0.25) is 0 Å². The quantitative estimate of drug-likeness (QED) is 0.686. The Kier molecular flexibility index (Phi) is 6.46. The molecule has 2 heterocycles. The van der Waals surface area contributed by atoms with Crippen LogP contribution in [0.2, 0.25) is 0 Å². The minimum Gasteiger partial charge on any atom is -0.495 e. The zero-order chi connectivity index (χ0) is 20.9. The third kappa shape index (κ3) is 6.01. The van der Waals surface area contributed by atoms with Gasteiger partial charge in [-0.05, 0) is 56.5 Å². The molecule has 0 saturated carbocycles. The highest BCUT2D eigenvalue weighted by molar-refractivity contribution is 5.68. The lowest BCUT2D eigenvalue weighted by molar-refractivity contribution is 0.0223. The maximum absolute atomic E-state index is 12.3. The van der Waals surface area contributed by atoms with E-state index in [0.717, 1.165) is 17.7 Å². The first kappa shape index (κ1) is 20.8. The van der Waals surface area contributed by atoms with Crippen LogP contribution in [0.1, 0.15) is 31.9 Å². The standard InChI is InChI=1S/C22H28N2O5/c1-22(2,3)29-21(25)24-10-9-16-5-6-18(13-17(16)15-24)27-11-12-28-20-8-7-19(26-4)14-23-20/h5-8,13-14H,9-12,15H2,1-4H3. The van der Waals surface area contributed by atoms with Crippen molar-refractivity contribution >= 4 is 6.09 Å². The molecule has 0 atom stereocenters. The largest absolute Gasteiger partial charge is 0.495 e. The fraction of sp³-hybridized carbons (Fsp3) is 0.455. The van der Waals surface area contributed by atoms with Crippen molar-refractivity contribution < 1.29 is 23.7 Å². The molecule has 1 aliphatic rings. The van der Waals surface area contributed by atoms with Gasteiger partial charge in [-0.2, -0.15) is 0 Å². The van der Waals surface area contributed by atoms with E-state index in [1.807, 2.05) is 32.9 Å². The second-order valence-corrected chi connectivity index (χ2v) is 7.82. The summed E-state index contributed by atoms with van der Waals surface area (Å²) >= 11 is 0. The lowest BCUT2D eigenvalue weighted by Crippen LogP contribution is -2.39. The fourth-order valence-electron chi connectivity index (χ4n) is 2.98. The average molecular weight is 400 g/mol. The second kappa shape index (κ2) is 9.03. The summed E-state index contributed by atoms with van der Waals surface area (Å²) in [7, 11) is 1.59. The highest BCUT2D eigenvalue weighted by atomic mass is 16.6. The smallest absolute Gasteiger partial charge is 0.410 e. The van der Waals surface area contributed by atoms with Crippen LogP contribution in [0.5, 0.6) is 17.4 Å². The first-order valence-electron chi connectivity index (χ1n) is 9.69. The van der Waals surface area contributed by atoms with Gasteiger partial charge in [0.2, 0.25) is 5.88 Å². The van der Waals surface area contributed by atoms with Gasteiger partial charge in [-0.1, -0.05) is 6.07 Å². The van der Waals surface area contributed by atoms with Crippen LogP contribution in [0.25, 0.3) is 0 Å². The van der Waals surface area contributed by atoms with Gasteiger partial charge >= 0.3 is 6.09 Å². The van der Waals surface area contributed by atoms with Crippen molar-refractivity contribution in [2.24, 2.45) is 0 Å². The predicted molar refractivity (Wildman–Crippen MR) is 109 cm³/mol. The number of ether oxygens (including phenoxy) is 4. The SMILES string of the molecule is COc1ccc(OCCOc2ccc3c(c2)CN(C(=O)OC(C)(C)C)CC3)nc1. The zero-order valence-corrected chi connectivity index (χ0v) is 17.4. The number of amides is 1. The van der Waals surface area contributed by atoms with Crippen LogP contribution in [0.4, 0.5) is 4.79 Å². The molecular weight excluding hydrogens is 372 g/mol. The summed E-state index contributed by atoms with van der Waals surface area (Å²) in [6.45, 7) is 7.57. The van der Waals surface area contributed by atoms with Crippen molar-refractivity contribution in [2.75, 3.05) is 26.9 Å². The second-order valence-electron chi connectivity index (χ2n) is 7.82. The van der Waals surface area contributed by atoms with E-state index in [1.54, 1.807) is 30.3 Å². The molecule has 0 saturated heterocycles. The van der Waals surface area contributed by atoms with E-state index in [9.17, 15) is 4.79 Å². The van der Waals surface area contributed by atoms with E-state index >= 15 is 0 Å². The minimum absolute atomic E-state index is 0.283. The molecule has 2 aromatic rings. The van der Waals surface area contributed by atoms with Crippen molar-refractivity contribution in [3.05, 3.63) is 47.7 Å². The van der Waals surface area contributed by atoms with Crippen molar-refractivity contribution in [1.82, 2.24) is 9.88 Å². The molecule has 7 heteroatoms. The third-order valence-electron chi connectivity index (χ3n) is 4.39. The van der Waals surface area contributed by atoms with Gasteiger partial charge in [0.15, 0.2) is 0 Å². The average Bonchev–Trinajstić information content (AvgIpc) is 2.70. The number of methoxy groups -OCH3 is 1. The summed E-state index contributed by atoms with van der Waals surface area (Å²) in [4.78, 5) is 18.2. The molecule has 0 aliphatic carbocycles. The van der Waals surface area contributed by atoms with E-state index < -0.39 is 5.60 Å². The molecule has 0 bridgehead atoms.